The molecule has 0 aliphatic heterocycles. The Morgan fingerprint density at radius 2 is 1.88 bits per heavy atom. The van der Waals surface area contributed by atoms with Gasteiger partial charge in [0, 0.05) is 5.92 Å². The molecule has 1 aromatic rings. The van der Waals surface area contributed by atoms with Crippen LogP contribution in [0, 0.1) is 0 Å². The first-order chi connectivity index (χ1) is 8.22. The highest BCUT2D eigenvalue weighted by atomic mass is 16.5. The molecule has 5 nitrogen and oxygen atoms in total. The van der Waals surface area contributed by atoms with Crippen molar-refractivity contribution in [1.29, 1.82) is 0 Å². The van der Waals surface area contributed by atoms with Gasteiger partial charge in [-0.05, 0) is 19.8 Å². The summed E-state index contributed by atoms with van der Waals surface area (Å²) in [6.07, 6.45) is 6.05. The quantitative estimate of drug-likeness (QED) is 0.839. The summed E-state index contributed by atoms with van der Waals surface area (Å²) in [7, 11) is 0. The maximum absolute atomic E-state index is 5.80. The molecule has 0 bridgehead atoms. The Labute approximate surface area is 102 Å². The van der Waals surface area contributed by atoms with Gasteiger partial charge in [0.1, 0.15) is 11.5 Å². The van der Waals surface area contributed by atoms with Crippen molar-refractivity contribution in [1.82, 2.24) is 9.97 Å². The van der Waals surface area contributed by atoms with Gasteiger partial charge in [0.2, 0.25) is 5.88 Å². The second-order valence-electron chi connectivity index (χ2n) is 4.45. The molecule has 17 heavy (non-hydrogen) atoms. The summed E-state index contributed by atoms with van der Waals surface area (Å²) in [6.45, 7) is 2.43. The van der Waals surface area contributed by atoms with Crippen LogP contribution >= 0.6 is 0 Å². The number of nitrogen functional groups attached to an aromatic ring is 2. The normalized spacial score (nSPS) is 17.0. The second-order valence-corrected chi connectivity index (χ2v) is 4.45. The predicted molar refractivity (Wildman–Crippen MR) is 67.9 cm³/mol. The van der Waals surface area contributed by atoms with E-state index >= 15 is 0 Å². The predicted octanol–water partition coefficient (Wildman–Crippen LogP) is 2.09. The standard InChI is InChI=1S/C12H20N4O/c1-2-17-12-9(13)10(14)15-11(16-12)8-6-4-3-5-7-8/h8H,2-7,13H2,1H3,(H2,14,15,16). The Morgan fingerprint density at radius 1 is 1.18 bits per heavy atom. The summed E-state index contributed by atoms with van der Waals surface area (Å²) in [6, 6.07) is 0. The van der Waals surface area contributed by atoms with E-state index in [0.717, 1.165) is 18.7 Å². The van der Waals surface area contributed by atoms with Gasteiger partial charge in [0.05, 0.1) is 6.61 Å². The molecule has 0 aromatic carbocycles. The van der Waals surface area contributed by atoms with Crippen molar-refractivity contribution < 1.29 is 4.74 Å². The monoisotopic (exact) mass is 236 g/mol. The largest absolute Gasteiger partial charge is 0.476 e. The van der Waals surface area contributed by atoms with Crippen molar-refractivity contribution >= 4 is 11.5 Å². The molecule has 1 saturated carbocycles. The van der Waals surface area contributed by atoms with E-state index < -0.39 is 0 Å². The number of anilines is 2. The molecule has 1 heterocycles. The van der Waals surface area contributed by atoms with Crippen molar-refractivity contribution in [2.24, 2.45) is 0 Å². The number of hydrogen-bond donors (Lipinski definition) is 2. The van der Waals surface area contributed by atoms with Crippen LogP contribution in [-0.2, 0) is 0 Å². The molecular weight excluding hydrogens is 216 g/mol. The number of nitrogens with two attached hydrogens (primary N) is 2. The zero-order valence-corrected chi connectivity index (χ0v) is 10.3. The van der Waals surface area contributed by atoms with E-state index in [2.05, 4.69) is 9.97 Å². The van der Waals surface area contributed by atoms with Crippen LogP contribution in [0.25, 0.3) is 0 Å². The maximum Gasteiger partial charge on any atom is 0.242 e. The molecule has 4 N–H and O–H groups in total. The highest BCUT2D eigenvalue weighted by Gasteiger charge is 2.21. The zero-order chi connectivity index (χ0) is 12.3. The average Bonchev–Trinajstić information content (AvgIpc) is 2.36. The average molecular weight is 236 g/mol. The van der Waals surface area contributed by atoms with Crippen LogP contribution in [0.4, 0.5) is 11.5 Å². The summed E-state index contributed by atoms with van der Waals surface area (Å²) in [5.74, 6) is 1.97. The summed E-state index contributed by atoms with van der Waals surface area (Å²) < 4.78 is 5.39. The Kier molecular flexibility index (Phi) is 3.66. The van der Waals surface area contributed by atoms with Gasteiger partial charge in [-0.25, -0.2) is 4.98 Å². The van der Waals surface area contributed by atoms with Gasteiger partial charge in [0.25, 0.3) is 0 Å². The Morgan fingerprint density at radius 3 is 2.53 bits per heavy atom. The van der Waals surface area contributed by atoms with Crippen LogP contribution in [0.3, 0.4) is 0 Å². The van der Waals surface area contributed by atoms with Crippen LogP contribution in [0.5, 0.6) is 5.88 Å². The molecule has 1 aromatic heterocycles. The molecule has 5 heteroatoms. The summed E-state index contributed by atoms with van der Waals surface area (Å²) in [4.78, 5) is 8.71. The fraction of sp³-hybridized carbons (Fsp3) is 0.667. The van der Waals surface area contributed by atoms with Gasteiger partial charge in [0.15, 0.2) is 5.82 Å². The minimum atomic E-state index is 0.337. The number of rotatable bonds is 3. The first-order valence-corrected chi connectivity index (χ1v) is 6.28. The van der Waals surface area contributed by atoms with Gasteiger partial charge in [-0.15, -0.1) is 0 Å². The lowest BCUT2D eigenvalue weighted by Gasteiger charge is -2.21. The first-order valence-electron chi connectivity index (χ1n) is 6.28. The molecule has 0 atom stereocenters. The summed E-state index contributed by atoms with van der Waals surface area (Å²) in [5, 5.41) is 0. The van der Waals surface area contributed by atoms with Gasteiger partial charge < -0.3 is 16.2 Å². The SMILES string of the molecule is CCOc1nc(C2CCCCC2)nc(N)c1N. The third kappa shape index (κ3) is 2.60. The van der Waals surface area contributed by atoms with Gasteiger partial charge in [-0.1, -0.05) is 19.3 Å². The van der Waals surface area contributed by atoms with E-state index in [1.165, 1.54) is 19.3 Å². The third-order valence-corrected chi connectivity index (χ3v) is 3.21. The molecule has 1 fully saturated rings. The van der Waals surface area contributed by atoms with E-state index in [-0.39, 0.29) is 0 Å². The lowest BCUT2D eigenvalue weighted by atomic mass is 9.89. The molecule has 0 amide bonds. The van der Waals surface area contributed by atoms with Crippen molar-refractivity contribution in [3.63, 3.8) is 0 Å². The molecule has 1 aliphatic rings. The van der Waals surface area contributed by atoms with Crippen molar-refractivity contribution in [3.05, 3.63) is 5.82 Å². The number of hydrogen-bond acceptors (Lipinski definition) is 5. The van der Waals surface area contributed by atoms with Crippen LogP contribution < -0.4 is 16.2 Å². The fourth-order valence-corrected chi connectivity index (χ4v) is 2.27. The van der Waals surface area contributed by atoms with Crippen molar-refractivity contribution in [2.75, 3.05) is 18.1 Å². The highest BCUT2D eigenvalue weighted by molar-refractivity contribution is 5.64. The maximum atomic E-state index is 5.80. The number of ether oxygens (including phenoxy) is 1. The van der Waals surface area contributed by atoms with E-state index in [0.29, 0.717) is 29.9 Å². The van der Waals surface area contributed by atoms with Gasteiger partial charge in [-0.3, -0.25) is 0 Å². The highest BCUT2D eigenvalue weighted by Crippen LogP contribution is 2.33. The fourth-order valence-electron chi connectivity index (χ4n) is 2.27. The topological polar surface area (TPSA) is 87.0 Å². The third-order valence-electron chi connectivity index (χ3n) is 3.21. The Hall–Kier alpha value is -1.52. The van der Waals surface area contributed by atoms with Crippen LogP contribution in [0.15, 0.2) is 0 Å². The van der Waals surface area contributed by atoms with Gasteiger partial charge >= 0.3 is 0 Å². The molecule has 0 radical (unpaired) electrons. The Bertz CT molecular complexity index is 388. The lowest BCUT2D eigenvalue weighted by Crippen LogP contribution is -2.13. The van der Waals surface area contributed by atoms with Crippen molar-refractivity contribution in [3.8, 4) is 5.88 Å². The first kappa shape index (κ1) is 12.0. The van der Waals surface area contributed by atoms with Gasteiger partial charge in [-0.2, -0.15) is 4.98 Å². The molecule has 0 spiro atoms. The lowest BCUT2D eigenvalue weighted by molar-refractivity contribution is 0.324. The summed E-state index contributed by atoms with van der Waals surface area (Å²) in [5.41, 5.74) is 11.9. The molecular formula is C12H20N4O. The van der Waals surface area contributed by atoms with E-state index in [1.54, 1.807) is 0 Å². The van der Waals surface area contributed by atoms with Crippen LogP contribution in [0.2, 0.25) is 0 Å². The van der Waals surface area contributed by atoms with Crippen LogP contribution in [0.1, 0.15) is 50.8 Å². The van der Waals surface area contributed by atoms with E-state index in [9.17, 15) is 0 Å². The van der Waals surface area contributed by atoms with E-state index in [4.69, 9.17) is 16.2 Å². The van der Waals surface area contributed by atoms with Crippen LogP contribution in [-0.4, -0.2) is 16.6 Å². The molecule has 0 unspecified atom stereocenters. The minimum Gasteiger partial charge on any atom is -0.476 e. The second kappa shape index (κ2) is 5.21. The minimum absolute atomic E-state index is 0.337. The zero-order valence-electron chi connectivity index (χ0n) is 10.3. The van der Waals surface area contributed by atoms with E-state index in [1.807, 2.05) is 6.92 Å². The molecule has 0 saturated heterocycles. The summed E-state index contributed by atoms with van der Waals surface area (Å²) >= 11 is 0. The number of aromatic nitrogens is 2. The molecule has 1 aliphatic carbocycles. The molecule has 2 rings (SSSR count). The smallest absolute Gasteiger partial charge is 0.242 e. The molecule has 94 valence electrons. The van der Waals surface area contributed by atoms with Crippen molar-refractivity contribution in [2.45, 2.75) is 44.9 Å². The Balaban J connectivity index is 2.27. The number of nitrogens with zero attached hydrogens (tertiary/aromatic N) is 2.